The topological polar surface area (TPSA) is 46.2 Å². The molecule has 0 aliphatic carbocycles. The van der Waals surface area contributed by atoms with Gasteiger partial charge in [0, 0.05) is 6.04 Å². The average Bonchev–Trinajstić information content (AvgIpc) is 2.47. The first kappa shape index (κ1) is 16.7. The average molecular weight is 317 g/mol. The van der Waals surface area contributed by atoms with Gasteiger partial charge in [-0.05, 0) is 35.6 Å². The first-order valence-corrected chi connectivity index (χ1v) is 8.86. The minimum atomic E-state index is -3.50. The van der Waals surface area contributed by atoms with E-state index in [2.05, 4.69) is 37.6 Å². The minimum Gasteiger partial charge on any atom is -0.207 e. The summed E-state index contributed by atoms with van der Waals surface area (Å²) in [5.41, 5.74) is 2.27. The molecule has 118 valence electrons. The maximum absolute atomic E-state index is 12.3. The standard InChI is InChI=1S/C18H23NO2S/c1-14(15-10-12-16(13-11-15)18(2,3)4)19-22(20,21)17-8-6-5-7-9-17/h5-14,19H,1-4H3/t14-/m0/s1. The summed E-state index contributed by atoms with van der Waals surface area (Å²) in [6, 6.07) is 16.2. The molecular weight excluding hydrogens is 294 g/mol. The van der Waals surface area contributed by atoms with Crippen LogP contribution in [0, 0.1) is 0 Å². The Morgan fingerprint density at radius 3 is 1.95 bits per heavy atom. The predicted molar refractivity (Wildman–Crippen MR) is 90.3 cm³/mol. The zero-order valence-corrected chi connectivity index (χ0v) is 14.3. The van der Waals surface area contributed by atoms with Crippen molar-refractivity contribution in [3.8, 4) is 0 Å². The van der Waals surface area contributed by atoms with Crippen molar-refractivity contribution >= 4 is 10.0 Å². The molecule has 1 N–H and O–H groups in total. The predicted octanol–water partition coefficient (Wildman–Crippen LogP) is 4.02. The van der Waals surface area contributed by atoms with E-state index in [0.717, 1.165) is 5.56 Å². The van der Waals surface area contributed by atoms with E-state index in [1.54, 1.807) is 30.3 Å². The Labute approximate surface area is 133 Å². The molecule has 0 saturated heterocycles. The number of rotatable bonds is 4. The highest BCUT2D eigenvalue weighted by atomic mass is 32.2. The quantitative estimate of drug-likeness (QED) is 0.925. The summed E-state index contributed by atoms with van der Waals surface area (Å²) in [7, 11) is -3.50. The van der Waals surface area contributed by atoms with Gasteiger partial charge in [0.25, 0.3) is 0 Å². The van der Waals surface area contributed by atoms with Crippen LogP contribution in [0.1, 0.15) is 44.9 Å². The smallest absolute Gasteiger partial charge is 0.207 e. The van der Waals surface area contributed by atoms with Crippen molar-refractivity contribution in [3.63, 3.8) is 0 Å². The molecular formula is C18H23NO2S. The van der Waals surface area contributed by atoms with Gasteiger partial charge in [-0.25, -0.2) is 13.1 Å². The zero-order chi connectivity index (χ0) is 16.4. The molecule has 1 atom stereocenters. The highest BCUT2D eigenvalue weighted by molar-refractivity contribution is 7.89. The fourth-order valence-corrected chi connectivity index (χ4v) is 3.49. The third kappa shape index (κ3) is 3.96. The van der Waals surface area contributed by atoms with Gasteiger partial charge in [0.05, 0.1) is 4.90 Å². The van der Waals surface area contributed by atoms with E-state index in [-0.39, 0.29) is 16.4 Å². The lowest BCUT2D eigenvalue weighted by Crippen LogP contribution is -2.27. The molecule has 4 heteroatoms. The van der Waals surface area contributed by atoms with Crippen LogP contribution < -0.4 is 4.72 Å². The van der Waals surface area contributed by atoms with Crippen LogP contribution in [0.3, 0.4) is 0 Å². The molecule has 2 aromatic rings. The number of sulfonamides is 1. The summed E-state index contributed by atoms with van der Waals surface area (Å²) < 4.78 is 27.4. The second-order valence-electron chi connectivity index (χ2n) is 6.53. The van der Waals surface area contributed by atoms with Gasteiger partial charge in [0.15, 0.2) is 0 Å². The van der Waals surface area contributed by atoms with Crippen LogP contribution in [-0.4, -0.2) is 8.42 Å². The zero-order valence-electron chi connectivity index (χ0n) is 13.5. The van der Waals surface area contributed by atoms with Crippen LogP contribution in [0.15, 0.2) is 59.5 Å². The third-order valence-corrected chi connectivity index (χ3v) is 5.22. The fourth-order valence-electron chi connectivity index (χ4n) is 2.24. The maximum atomic E-state index is 12.3. The van der Waals surface area contributed by atoms with Crippen LogP contribution in [0.5, 0.6) is 0 Å². The van der Waals surface area contributed by atoms with Gasteiger partial charge >= 0.3 is 0 Å². The lowest BCUT2D eigenvalue weighted by atomic mass is 9.86. The van der Waals surface area contributed by atoms with Gasteiger partial charge < -0.3 is 0 Å². The normalized spacial score (nSPS) is 13.8. The van der Waals surface area contributed by atoms with Gasteiger partial charge in [-0.3, -0.25) is 0 Å². The molecule has 0 spiro atoms. The van der Waals surface area contributed by atoms with E-state index in [0.29, 0.717) is 0 Å². The Bertz CT molecular complexity index is 714. The minimum absolute atomic E-state index is 0.0886. The van der Waals surface area contributed by atoms with Crippen molar-refractivity contribution < 1.29 is 8.42 Å². The Balaban J connectivity index is 2.17. The second-order valence-corrected chi connectivity index (χ2v) is 8.24. The highest BCUT2D eigenvalue weighted by Gasteiger charge is 2.19. The summed E-state index contributed by atoms with van der Waals surface area (Å²) in [5.74, 6) is 0. The molecule has 0 saturated carbocycles. The van der Waals surface area contributed by atoms with Gasteiger partial charge in [0.1, 0.15) is 0 Å². The molecule has 0 unspecified atom stereocenters. The number of hydrogen-bond donors (Lipinski definition) is 1. The lowest BCUT2D eigenvalue weighted by Gasteiger charge is -2.20. The number of nitrogens with one attached hydrogen (secondary N) is 1. The summed E-state index contributed by atoms with van der Waals surface area (Å²) >= 11 is 0. The number of benzene rings is 2. The molecule has 0 radical (unpaired) electrons. The highest BCUT2D eigenvalue weighted by Crippen LogP contribution is 2.24. The van der Waals surface area contributed by atoms with E-state index < -0.39 is 10.0 Å². The molecule has 0 aliphatic heterocycles. The van der Waals surface area contributed by atoms with Crippen LogP contribution in [0.25, 0.3) is 0 Å². The molecule has 2 rings (SSSR count). The second kappa shape index (κ2) is 6.23. The largest absolute Gasteiger partial charge is 0.241 e. The Morgan fingerprint density at radius 2 is 1.45 bits per heavy atom. The molecule has 22 heavy (non-hydrogen) atoms. The molecule has 0 aliphatic rings. The Hall–Kier alpha value is -1.65. The van der Waals surface area contributed by atoms with Crippen molar-refractivity contribution in [2.45, 2.75) is 44.0 Å². The summed E-state index contributed by atoms with van der Waals surface area (Å²) in [4.78, 5) is 0.285. The Kier molecular flexibility index (Phi) is 4.73. The molecule has 3 nitrogen and oxygen atoms in total. The van der Waals surface area contributed by atoms with Gasteiger partial charge in [-0.2, -0.15) is 0 Å². The van der Waals surface area contributed by atoms with E-state index in [1.165, 1.54) is 5.56 Å². The van der Waals surface area contributed by atoms with Crippen molar-refractivity contribution in [2.24, 2.45) is 0 Å². The number of hydrogen-bond acceptors (Lipinski definition) is 2. The van der Waals surface area contributed by atoms with Crippen LogP contribution in [0.4, 0.5) is 0 Å². The molecule has 0 fully saturated rings. The molecule has 0 heterocycles. The van der Waals surface area contributed by atoms with Crippen molar-refractivity contribution in [3.05, 3.63) is 65.7 Å². The summed E-state index contributed by atoms with van der Waals surface area (Å²) in [5, 5.41) is 0. The first-order chi connectivity index (χ1) is 10.2. The van der Waals surface area contributed by atoms with Crippen LogP contribution in [0.2, 0.25) is 0 Å². The SMILES string of the molecule is C[C@H](NS(=O)(=O)c1ccccc1)c1ccc(C(C)(C)C)cc1. The van der Waals surface area contributed by atoms with E-state index in [4.69, 9.17) is 0 Å². The van der Waals surface area contributed by atoms with Crippen LogP contribution in [-0.2, 0) is 15.4 Å². The van der Waals surface area contributed by atoms with E-state index >= 15 is 0 Å². The molecule has 0 bridgehead atoms. The van der Waals surface area contributed by atoms with Crippen molar-refractivity contribution in [1.29, 1.82) is 0 Å². The third-order valence-electron chi connectivity index (χ3n) is 3.66. The van der Waals surface area contributed by atoms with Gasteiger partial charge in [-0.15, -0.1) is 0 Å². The molecule has 0 amide bonds. The van der Waals surface area contributed by atoms with Crippen molar-refractivity contribution in [2.75, 3.05) is 0 Å². The van der Waals surface area contributed by atoms with Gasteiger partial charge in [-0.1, -0.05) is 63.2 Å². The van der Waals surface area contributed by atoms with Crippen LogP contribution >= 0.6 is 0 Å². The Morgan fingerprint density at radius 1 is 0.909 bits per heavy atom. The molecule has 0 aromatic heterocycles. The fraction of sp³-hybridized carbons (Fsp3) is 0.333. The van der Waals surface area contributed by atoms with Gasteiger partial charge in [0.2, 0.25) is 10.0 Å². The van der Waals surface area contributed by atoms with E-state index in [1.807, 2.05) is 19.1 Å². The first-order valence-electron chi connectivity index (χ1n) is 7.38. The lowest BCUT2D eigenvalue weighted by molar-refractivity contribution is 0.566. The van der Waals surface area contributed by atoms with Crippen molar-refractivity contribution in [1.82, 2.24) is 4.72 Å². The summed E-state index contributed by atoms with van der Waals surface area (Å²) in [6.07, 6.45) is 0. The summed E-state index contributed by atoms with van der Waals surface area (Å²) in [6.45, 7) is 8.32. The van der Waals surface area contributed by atoms with E-state index in [9.17, 15) is 8.42 Å². The monoisotopic (exact) mass is 317 g/mol. The molecule has 2 aromatic carbocycles. The maximum Gasteiger partial charge on any atom is 0.241 e.